The highest BCUT2D eigenvalue weighted by Gasteiger charge is 2.10. The Morgan fingerprint density at radius 1 is 1.24 bits per heavy atom. The zero-order valence-corrected chi connectivity index (χ0v) is 13.4. The van der Waals surface area contributed by atoms with Crippen molar-refractivity contribution in [2.24, 2.45) is 0 Å². The van der Waals surface area contributed by atoms with Crippen LogP contribution in [0, 0.1) is 12.7 Å². The molecule has 0 aliphatic heterocycles. The first-order valence-corrected chi connectivity index (χ1v) is 7.34. The second-order valence-corrected chi connectivity index (χ2v) is 5.62. The summed E-state index contributed by atoms with van der Waals surface area (Å²) >= 11 is 11.4. The maximum absolute atomic E-state index is 13.5. The van der Waals surface area contributed by atoms with E-state index >= 15 is 0 Å². The zero-order chi connectivity index (χ0) is 15.4. The molecule has 2 aromatic rings. The molecule has 0 amide bonds. The van der Waals surface area contributed by atoms with E-state index in [1.54, 1.807) is 19.1 Å². The van der Waals surface area contributed by atoms with Gasteiger partial charge in [0, 0.05) is 10.7 Å². The van der Waals surface area contributed by atoms with Crippen molar-refractivity contribution in [3.8, 4) is 0 Å². The molecule has 0 bridgehead atoms. The normalized spacial score (nSPS) is 11.8. The Hall–Kier alpha value is -1.65. The van der Waals surface area contributed by atoms with Crippen LogP contribution in [0.4, 0.5) is 10.1 Å². The van der Waals surface area contributed by atoms with Gasteiger partial charge in [-0.1, -0.05) is 35.9 Å². The summed E-state index contributed by atoms with van der Waals surface area (Å²) < 4.78 is 13.5. The molecule has 0 saturated heterocycles. The summed E-state index contributed by atoms with van der Waals surface area (Å²) in [5.41, 5.74) is 2.17. The topological polar surface area (TPSA) is 24.1 Å². The van der Waals surface area contributed by atoms with Crippen molar-refractivity contribution < 1.29 is 4.39 Å². The lowest BCUT2D eigenvalue weighted by molar-refractivity contribution is 0.619. The molecule has 2 rings (SSSR count). The van der Waals surface area contributed by atoms with Crippen LogP contribution in [0.3, 0.4) is 0 Å². The summed E-state index contributed by atoms with van der Waals surface area (Å²) in [5, 5.41) is 7.20. The molecular formula is C16H16ClFN2S. The van der Waals surface area contributed by atoms with Crippen LogP contribution in [0.5, 0.6) is 0 Å². The van der Waals surface area contributed by atoms with Crippen LogP contribution in [-0.2, 0) is 0 Å². The van der Waals surface area contributed by atoms with Crippen LogP contribution >= 0.6 is 23.8 Å². The van der Waals surface area contributed by atoms with E-state index in [2.05, 4.69) is 10.6 Å². The van der Waals surface area contributed by atoms with E-state index in [-0.39, 0.29) is 11.9 Å². The van der Waals surface area contributed by atoms with Gasteiger partial charge < -0.3 is 10.6 Å². The fraction of sp³-hybridized carbons (Fsp3) is 0.188. The van der Waals surface area contributed by atoms with Crippen molar-refractivity contribution in [2.75, 3.05) is 5.32 Å². The molecule has 0 heterocycles. The van der Waals surface area contributed by atoms with Gasteiger partial charge in [-0.3, -0.25) is 0 Å². The SMILES string of the molecule is Cc1ccc(NC(=S)N[C@H](C)c2ccccc2Cl)cc1F. The summed E-state index contributed by atoms with van der Waals surface area (Å²) in [6.45, 7) is 3.68. The van der Waals surface area contributed by atoms with Gasteiger partial charge in [0.1, 0.15) is 5.82 Å². The largest absolute Gasteiger partial charge is 0.356 e. The first kappa shape index (κ1) is 15.7. The highest BCUT2D eigenvalue weighted by Crippen LogP contribution is 2.22. The van der Waals surface area contributed by atoms with Gasteiger partial charge >= 0.3 is 0 Å². The van der Waals surface area contributed by atoms with Gasteiger partial charge in [0.05, 0.1) is 6.04 Å². The smallest absolute Gasteiger partial charge is 0.171 e. The minimum absolute atomic E-state index is 0.0472. The third-order valence-corrected chi connectivity index (χ3v) is 3.71. The third kappa shape index (κ3) is 4.16. The van der Waals surface area contributed by atoms with E-state index in [1.807, 2.05) is 31.2 Å². The molecule has 0 aromatic heterocycles. The quantitative estimate of drug-likeness (QED) is 0.791. The Bertz CT molecular complexity index is 660. The molecule has 0 radical (unpaired) electrons. The minimum atomic E-state index is -0.262. The lowest BCUT2D eigenvalue weighted by Gasteiger charge is -2.18. The lowest BCUT2D eigenvalue weighted by atomic mass is 10.1. The Kier molecular flexibility index (Phi) is 5.15. The number of nitrogens with one attached hydrogen (secondary N) is 2. The van der Waals surface area contributed by atoms with E-state index in [9.17, 15) is 4.39 Å². The number of anilines is 1. The third-order valence-electron chi connectivity index (χ3n) is 3.15. The number of thiocarbonyl (C=S) groups is 1. The highest BCUT2D eigenvalue weighted by molar-refractivity contribution is 7.80. The van der Waals surface area contributed by atoms with E-state index in [0.29, 0.717) is 21.4 Å². The molecule has 0 unspecified atom stereocenters. The Morgan fingerprint density at radius 3 is 2.62 bits per heavy atom. The van der Waals surface area contributed by atoms with Crippen LogP contribution < -0.4 is 10.6 Å². The molecule has 2 N–H and O–H groups in total. The van der Waals surface area contributed by atoms with Crippen molar-refractivity contribution in [1.82, 2.24) is 5.32 Å². The average molecular weight is 323 g/mol. The first-order valence-electron chi connectivity index (χ1n) is 6.55. The number of halogens is 2. The number of hydrogen-bond acceptors (Lipinski definition) is 1. The molecule has 0 aliphatic rings. The van der Waals surface area contributed by atoms with Gasteiger partial charge in [0.15, 0.2) is 5.11 Å². The first-order chi connectivity index (χ1) is 9.97. The molecular weight excluding hydrogens is 307 g/mol. The molecule has 2 nitrogen and oxygen atoms in total. The van der Waals surface area contributed by atoms with Gasteiger partial charge in [0.25, 0.3) is 0 Å². The van der Waals surface area contributed by atoms with Crippen LogP contribution in [-0.4, -0.2) is 5.11 Å². The summed E-state index contributed by atoms with van der Waals surface area (Å²) in [6.07, 6.45) is 0. The predicted octanol–water partition coefficient (Wildman–Crippen LogP) is 4.84. The Morgan fingerprint density at radius 2 is 1.95 bits per heavy atom. The molecule has 21 heavy (non-hydrogen) atoms. The van der Waals surface area contributed by atoms with Gasteiger partial charge in [-0.05, 0) is 55.4 Å². The predicted molar refractivity (Wildman–Crippen MR) is 90.4 cm³/mol. The van der Waals surface area contributed by atoms with Gasteiger partial charge in [-0.2, -0.15) is 0 Å². The van der Waals surface area contributed by atoms with Crippen molar-refractivity contribution in [3.05, 3.63) is 64.4 Å². The van der Waals surface area contributed by atoms with Crippen LogP contribution in [0.2, 0.25) is 5.02 Å². The monoisotopic (exact) mass is 322 g/mol. The fourth-order valence-electron chi connectivity index (χ4n) is 1.94. The van der Waals surface area contributed by atoms with Crippen molar-refractivity contribution in [2.45, 2.75) is 19.9 Å². The Balaban J connectivity index is 2.01. The lowest BCUT2D eigenvalue weighted by Crippen LogP contribution is -2.31. The maximum Gasteiger partial charge on any atom is 0.171 e. The second-order valence-electron chi connectivity index (χ2n) is 4.81. The number of benzene rings is 2. The molecule has 0 saturated carbocycles. The molecule has 0 spiro atoms. The van der Waals surface area contributed by atoms with Gasteiger partial charge in [0.2, 0.25) is 0 Å². The number of rotatable bonds is 3. The molecule has 1 atom stereocenters. The van der Waals surface area contributed by atoms with Gasteiger partial charge in [-0.15, -0.1) is 0 Å². The van der Waals surface area contributed by atoms with Crippen molar-refractivity contribution >= 4 is 34.6 Å². The average Bonchev–Trinajstić information content (AvgIpc) is 2.43. The zero-order valence-electron chi connectivity index (χ0n) is 11.8. The minimum Gasteiger partial charge on any atom is -0.356 e. The molecule has 0 aliphatic carbocycles. The molecule has 0 fully saturated rings. The highest BCUT2D eigenvalue weighted by atomic mass is 35.5. The van der Waals surface area contributed by atoms with Crippen molar-refractivity contribution in [3.63, 3.8) is 0 Å². The van der Waals surface area contributed by atoms with Gasteiger partial charge in [-0.25, -0.2) is 4.39 Å². The Labute approximate surface area is 134 Å². The standard InChI is InChI=1S/C16H16ClFN2S/c1-10-7-8-12(9-15(10)18)20-16(21)19-11(2)13-5-3-4-6-14(13)17/h3-9,11H,1-2H3,(H2,19,20,21)/t11-/m1/s1. The number of aryl methyl sites for hydroxylation is 1. The summed E-state index contributed by atoms with van der Waals surface area (Å²) in [4.78, 5) is 0. The molecule has 2 aromatic carbocycles. The fourth-order valence-corrected chi connectivity index (χ4v) is 2.53. The second kappa shape index (κ2) is 6.87. The molecule has 110 valence electrons. The summed E-state index contributed by atoms with van der Waals surface area (Å²) in [5.74, 6) is -0.262. The van der Waals surface area contributed by atoms with Crippen LogP contribution in [0.1, 0.15) is 24.1 Å². The van der Waals surface area contributed by atoms with Crippen LogP contribution in [0.15, 0.2) is 42.5 Å². The van der Waals surface area contributed by atoms with Crippen LogP contribution in [0.25, 0.3) is 0 Å². The van der Waals surface area contributed by atoms with E-state index < -0.39 is 0 Å². The summed E-state index contributed by atoms with van der Waals surface area (Å²) in [6, 6.07) is 12.4. The maximum atomic E-state index is 13.5. The van der Waals surface area contributed by atoms with Crippen molar-refractivity contribution in [1.29, 1.82) is 0 Å². The van der Waals surface area contributed by atoms with E-state index in [0.717, 1.165) is 5.56 Å². The summed E-state index contributed by atoms with van der Waals surface area (Å²) in [7, 11) is 0. The van der Waals surface area contributed by atoms with E-state index in [1.165, 1.54) is 6.07 Å². The van der Waals surface area contributed by atoms with E-state index in [4.69, 9.17) is 23.8 Å². The molecule has 5 heteroatoms. The number of hydrogen-bond donors (Lipinski definition) is 2.